The largest absolute Gasteiger partial charge is 0.497 e. The standard InChI is InChI=1S/C25H21FN2O3/c1-31-20-12-11-18-13-19(24(29)27-23(18)14-20)16-28(15-17-7-3-2-4-8-17)25(30)21-9-5-6-10-22(21)26/h2-14H,15-16H2,1H3,(H,27,29). The number of hydrogen-bond donors (Lipinski definition) is 1. The molecule has 1 heterocycles. The second-order valence-corrected chi connectivity index (χ2v) is 7.20. The van der Waals surface area contributed by atoms with Crippen LogP contribution in [0.15, 0.2) is 83.7 Å². The number of hydrogen-bond acceptors (Lipinski definition) is 3. The molecule has 0 saturated heterocycles. The number of H-pyrrole nitrogens is 1. The minimum absolute atomic E-state index is 0.0274. The van der Waals surface area contributed by atoms with Crippen molar-refractivity contribution in [3.05, 3.63) is 112 Å². The number of ether oxygens (including phenoxy) is 1. The summed E-state index contributed by atoms with van der Waals surface area (Å²) < 4.78 is 19.5. The van der Waals surface area contributed by atoms with Gasteiger partial charge in [-0.15, -0.1) is 0 Å². The predicted molar refractivity (Wildman–Crippen MR) is 118 cm³/mol. The van der Waals surface area contributed by atoms with Gasteiger partial charge in [-0.3, -0.25) is 9.59 Å². The number of benzene rings is 3. The average Bonchev–Trinajstić information content (AvgIpc) is 2.79. The van der Waals surface area contributed by atoms with Crippen molar-refractivity contribution in [2.24, 2.45) is 0 Å². The van der Waals surface area contributed by atoms with E-state index in [1.807, 2.05) is 36.4 Å². The Morgan fingerprint density at radius 2 is 1.71 bits per heavy atom. The molecule has 0 spiro atoms. The maximum absolute atomic E-state index is 14.3. The summed E-state index contributed by atoms with van der Waals surface area (Å²) in [6, 6.07) is 22.4. The molecular weight excluding hydrogens is 395 g/mol. The highest BCUT2D eigenvalue weighted by atomic mass is 19.1. The van der Waals surface area contributed by atoms with Gasteiger partial charge in [-0.1, -0.05) is 42.5 Å². The quantitative estimate of drug-likeness (QED) is 0.503. The molecule has 3 aromatic carbocycles. The molecule has 0 bridgehead atoms. The van der Waals surface area contributed by atoms with E-state index in [9.17, 15) is 14.0 Å². The first-order valence-corrected chi connectivity index (χ1v) is 9.83. The minimum Gasteiger partial charge on any atom is -0.497 e. The summed E-state index contributed by atoms with van der Waals surface area (Å²) in [5, 5.41) is 0.813. The molecule has 4 aromatic rings. The third-order valence-corrected chi connectivity index (χ3v) is 5.10. The van der Waals surface area contributed by atoms with E-state index >= 15 is 0 Å². The highest BCUT2D eigenvalue weighted by Gasteiger charge is 2.21. The molecule has 31 heavy (non-hydrogen) atoms. The summed E-state index contributed by atoms with van der Waals surface area (Å²) in [7, 11) is 1.56. The predicted octanol–water partition coefficient (Wildman–Crippen LogP) is 4.52. The lowest BCUT2D eigenvalue weighted by atomic mass is 10.1. The number of aromatic amines is 1. The van der Waals surface area contributed by atoms with E-state index in [-0.39, 0.29) is 24.2 Å². The summed E-state index contributed by atoms with van der Waals surface area (Å²) in [6.07, 6.45) is 0. The van der Waals surface area contributed by atoms with Crippen molar-refractivity contribution in [3.63, 3.8) is 0 Å². The van der Waals surface area contributed by atoms with Crippen molar-refractivity contribution < 1.29 is 13.9 Å². The number of pyridine rings is 1. The fraction of sp³-hybridized carbons (Fsp3) is 0.120. The van der Waals surface area contributed by atoms with Crippen LogP contribution in [0.25, 0.3) is 10.9 Å². The number of nitrogens with one attached hydrogen (secondary N) is 1. The van der Waals surface area contributed by atoms with E-state index in [0.717, 1.165) is 10.9 Å². The van der Waals surface area contributed by atoms with Gasteiger partial charge >= 0.3 is 0 Å². The Bertz CT molecular complexity index is 1280. The van der Waals surface area contributed by atoms with Gasteiger partial charge in [0.15, 0.2) is 0 Å². The van der Waals surface area contributed by atoms with Gasteiger partial charge < -0.3 is 14.6 Å². The number of nitrogens with zero attached hydrogens (tertiary/aromatic N) is 1. The molecule has 0 radical (unpaired) electrons. The highest BCUT2D eigenvalue weighted by molar-refractivity contribution is 5.94. The number of fused-ring (bicyclic) bond motifs is 1. The summed E-state index contributed by atoms with van der Waals surface area (Å²) in [6.45, 7) is 0.285. The van der Waals surface area contributed by atoms with Crippen LogP contribution in [0.1, 0.15) is 21.5 Å². The lowest BCUT2D eigenvalue weighted by Gasteiger charge is -2.23. The van der Waals surface area contributed by atoms with Gasteiger partial charge in [0.25, 0.3) is 11.5 Å². The van der Waals surface area contributed by atoms with Crippen molar-refractivity contribution in [2.75, 3.05) is 7.11 Å². The van der Waals surface area contributed by atoms with E-state index in [4.69, 9.17) is 4.74 Å². The van der Waals surface area contributed by atoms with Crippen LogP contribution >= 0.6 is 0 Å². The normalized spacial score (nSPS) is 10.8. The van der Waals surface area contributed by atoms with Crippen LogP contribution in [-0.4, -0.2) is 22.9 Å². The molecule has 156 valence electrons. The van der Waals surface area contributed by atoms with Crippen LogP contribution in [0.5, 0.6) is 5.75 Å². The van der Waals surface area contributed by atoms with Gasteiger partial charge in [0.2, 0.25) is 0 Å². The van der Waals surface area contributed by atoms with Crippen molar-refractivity contribution >= 4 is 16.8 Å². The van der Waals surface area contributed by atoms with Crippen LogP contribution in [0, 0.1) is 5.82 Å². The number of carbonyl (C=O) groups is 1. The maximum Gasteiger partial charge on any atom is 0.257 e. The number of methoxy groups -OCH3 is 1. The van der Waals surface area contributed by atoms with Crippen LogP contribution in [-0.2, 0) is 13.1 Å². The number of amides is 1. The number of aromatic nitrogens is 1. The number of halogens is 1. The van der Waals surface area contributed by atoms with Gasteiger partial charge in [0, 0.05) is 18.2 Å². The smallest absolute Gasteiger partial charge is 0.257 e. The zero-order valence-corrected chi connectivity index (χ0v) is 17.0. The van der Waals surface area contributed by atoms with Gasteiger partial charge in [0.1, 0.15) is 11.6 Å². The fourth-order valence-corrected chi connectivity index (χ4v) is 3.48. The Balaban J connectivity index is 1.72. The SMILES string of the molecule is COc1ccc2cc(CN(Cc3ccccc3)C(=O)c3ccccc3F)c(=O)[nH]c2c1. The Morgan fingerprint density at radius 1 is 0.968 bits per heavy atom. The zero-order chi connectivity index (χ0) is 21.8. The van der Waals surface area contributed by atoms with Crippen molar-refractivity contribution in [1.29, 1.82) is 0 Å². The fourth-order valence-electron chi connectivity index (χ4n) is 3.48. The third kappa shape index (κ3) is 4.48. The Morgan fingerprint density at radius 3 is 2.45 bits per heavy atom. The van der Waals surface area contributed by atoms with Crippen molar-refractivity contribution in [1.82, 2.24) is 9.88 Å². The van der Waals surface area contributed by atoms with Crippen LogP contribution in [0.4, 0.5) is 4.39 Å². The van der Waals surface area contributed by atoms with E-state index in [1.54, 1.807) is 31.4 Å². The Kier molecular flexibility index (Phi) is 5.80. The topological polar surface area (TPSA) is 62.4 Å². The highest BCUT2D eigenvalue weighted by Crippen LogP contribution is 2.20. The average molecular weight is 416 g/mol. The summed E-state index contributed by atoms with van der Waals surface area (Å²) >= 11 is 0. The second-order valence-electron chi connectivity index (χ2n) is 7.20. The summed E-state index contributed by atoms with van der Waals surface area (Å²) in [5.74, 6) is -0.433. The van der Waals surface area contributed by atoms with E-state index in [0.29, 0.717) is 16.8 Å². The molecule has 0 atom stereocenters. The Labute approximate surface area is 178 Å². The molecule has 0 unspecified atom stereocenters. The number of carbonyl (C=O) groups excluding carboxylic acids is 1. The van der Waals surface area contributed by atoms with Gasteiger partial charge in [-0.2, -0.15) is 0 Å². The van der Waals surface area contributed by atoms with E-state index < -0.39 is 11.7 Å². The second kappa shape index (κ2) is 8.83. The number of rotatable bonds is 6. The molecular formula is C25H21FN2O3. The lowest BCUT2D eigenvalue weighted by Crippen LogP contribution is -2.33. The molecule has 1 N–H and O–H groups in total. The van der Waals surface area contributed by atoms with Crippen LogP contribution in [0.2, 0.25) is 0 Å². The molecule has 4 rings (SSSR count). The molecule has 5 nitrogen and oxygen atoms in total. The van der Waals surface area contributed by atoms with Crippen LogP contribution in [0.3, 0.4) is 0 Å². The third-order valence-electron chi connectivity index (χ3n) is 5.10. The first kappa shape index (κ1) is 20.3. The first-order valence-electron chi connectivity index (χ1n) is 9.83. The van der Waals surface area contributed by atoms with Gasteiger partial charge in [-0.25, -0.2) is 4.39 Å². The van der Waals surface area contributed by atoms with Crippen molar-refractivity contribution in [3.8, 4) is 5.75 Å². The molecule has 0 fully saturated rings. The molecule has 1 amide bonds. The summed E-state index contributed by atoms with van der Waals surface area (Å²) in [5.41, 5.74) is 1.61. The van der Waals surface area contributed by atoms with Gasteiger partial charge in [0.05, 0.1) is 24.7 Å². The van der Waals surface area contributed by atoms with Crippen molar-refractivity contribution in [2.45, 2.75) is 13.1 Å². The molecule has 0 aliphatic rings. The monoisotopic (exact) mass is 416 g/mol. The minimum atomic E-state index is -0.593. The lowest BCUT2D eigenvalue weighted by molar-refractivity contribution is 0.0724. The molecule has 6 heteroatoms. The molecule has 1 aromatic heterocycles. The maximum atomic E-state index is 14.3. The zero-order valence-electron chi connectivity index (χ0n) is 17.0. The van der Waals surface area contributed by atoms with Gasteiger partial charge in [-0.05, 0) is 41.3 Å². The molecule has 0 aliphatic heterocycles. The van der Waals surface area contributed by atoms with E-state index in [1.165, 1.54) is 23.1 Å². The summed E-state index contributed by atoms with van der Waals surface area (Å²) in [4.78, 5) is 30.3. The Hall–Kier alpha value is -3.93. The first-order chi connectivity index (χ1) is 15.0. The van der Waals surface area contributed by atoms with E-state index in [2.05, 4.69) is 4.98 Å². The van der Waals surface area contributed by atoms with Crippen LogP contribution < -0.4 is 10.3 Å². The molecule has 0 aliphatic carbocycles. The molecule has 0 saturated carbocycles.